The first-order chi connectivity index (χ1) is 6.74. The van der Waals surface area contributed by atoms with E-state index in [1.165, 1.54) is 6.20 Å². The number of aromatic nitrogens is 2. The van der Waals surface area contributed by atoms with E-state index < -0.39 is 6.55 Å². The van der Waals surface area contributed by atoms with Gasteiger partial charge in [-0.05, 0) is 24.1 Å². The summed E-state index contributed by atoms with van der Waals surface area (Å²) in [5.41, 5.74) is 1.41. The third-order valence-electron chi connectivity index (χ3n) is 2.30. The lowest BCUT2D eigenvalue weighted by atomic mass is 10.1. The van der Waals surface area contributed by atoms with E-state index >= 15 is 0 Å². The summed E-state index contributed by atoms with van der Waals surface area (Å²) in [5.74, 6) is 0. The van der Waals surface area contributed by atoms with Crippen LogP contribution in [0.15, 0.2) is 24.5 Å². The summed E-state index contributed by atoms with van der Waals surface area (Å²) in [7, 11) is 0. The lowest BCUT2D eigenvalue weighted by Gasteiger charge is -2.03. The van der Waals surface area contributed by atoms with Gasteiger partial charge in [0.05, 0.1) is 0 Å². The van der Waals surface area contributed by atoms with Crippen LogP contribution in [0.4, 0.5) is 8.78 Å². The molecule has 2 aromatic rings. The Kier molecular flexibility index (Phi) is 2.19. The molecule has 0 amide bonds. The first-order valence-corrected chi connectivity index (χ1v) is 4.46. The molecule has 14 heavy (non-hydrogen) atoms. The zero-order valence-electron chi connectivity index (χ0n) is 7.74. The summed E-state index contributed by atoms with van der Waals surface area (Å²) in [6, 6.07) is 3.55. The number of hydrogen-bond acceptors (Lipinski definition) is 1. The van der Waals surface area contributed by atoms with E-state index in [2.05, 4.69) is 4.98 Å². The first-order valence-electron chi connectivity index (χ1n) is 4.46. The number of alkyl halides is 2. The standard InChI is InChI=1S/C10H10F2N2/c1-2-7-3-5-13-9-8(7)4-6-14(9)10(11)12/h3-6,10H,2H2,1H3. The molecule has 2 heterocycles. The Labute approximate surface area is 80.2 Å². The zero-order chi connectivity index (χ0) is 10.1. The van der Waals surface area contributed by atoms with Gasteiger partial charge in [0, 0.05) is 17.8 Å². The molecule has 0 saturated carbocycles. The molecular formula is C10H10F2N2. The van der Waals surface area contributed by atoms with E-state index in [1.54, 1.807) is 12.3 Å². The van der Waals surface area contributed by atoms with Crippen LogP contribution in [0.25, 0.3) is 11.0 Å². The predicted octanol–water partition coefficient (Wildman–Crippen LogP) is 2.99. The van der Waals surface area contributed by atoms with Crippen molar-refractivity contribution in [3.05, 3.63) is 30.1 Å². The summed E-state index contributed by atoms with van der Waals surface area (Å²) in [6.07, 6.45) is 3.77. The van der Waals surface area contributed by atoms with Crippen LogP contribution in [0, 0.1) is 0 Å². The van der Waals surface area contributed by atoms with E-state index in [1.807, 2.05) is 13.0 Å². The third kappa shape index (κ3) is 1.27. The first kappa shape index (κ1) is 9.12. The van der Waals surface area contributed by atoms with Crippen molar-refractivity contribution in [2.45, 2.75) is 19.9 Å². The number of aryl methyl sites for hydroxylation is 1. The van der Waals surface area contributed by atoms with Gasteiger partial charge in [-0.2, -0.15) is 8.78 Å². The fourth-order valence-corrected chi connectivity index (χ4v) is 1.58. The van der Waals surface area contributed by atoms with E-state index in [0.717, 1.165) is 21.9 Å². The maximum Gasteiger partial charge on any atom is 0.320 e. The molecular weight excluding hydrogens is 186 g/mol. The Morgan fingerprint density at radius 3 is 2.86 bits per heavy atom. The van der Waals surface area contributed by atoms with Gasteiger partial charge >= 0.3 is 6.55 Å². The molecule has 0 radical (unpaired) electrons. The van der Waals surface area contributed by atoms with Crippen molar-refractivity contribution < 1.29 is 8.78 Å². The SMILES string of the molecule is CCc1ccnc2c1ccn2C(F)F. The van der Waals surface area contributed by atoms with E-state index in [-0.39, 0.29) is 0 Å². The van der Waals surface area contributed by atoms with Gasteiger partial charge in [-0.25, -0.2) is 4.98 Å². The highest BCUT2D eigenvalue weighted by atomic mass is 19.3. The summed E-state index contributed by atoms with van der Waals surface area (Å²) < 4.78 is 25.9. The smallest absolute Gasteiger partial charge is 0.275 e. The second kappa shape index (κ2) is 3.36. The Morgan fingerprint density at radius 2 is 2.21 bits per heavy atom. The Balaban J connectivity index is 2.69. The highest BCUT2D eigenvalue weighted by molar-refractivity contribution is 5.80. The molecule has 0 aliphatic heterocycles. The topological polar surface area (TPSA) is 17.8 Å². The number of fused-ring (bicyclic) bond motifs is 1. The van der Waals surface area contributed by atoms with Crippen molar-refractivity contribution in [3.63, 3.8) is 0 Å². The van der Waals surface area contributed by atoms with Crippen molar-refractivity contribution in [2.75, 3.05) is 0 Å². The molecule has 0 aliphatic rings. The molecule has 2 nitrogen and oxygen atoms in total. The molecule has 0 saturated heterocycles. The van der Waals surface area contributed by atoms with Crippen molar-refractivity contribution in [1.29, 1.82) is 0 Å². The summed E-state index contributed by atoms with van der Waals surface area (Å²) in [6.45, 7) is -0.527. The highest BCUT2D eigenvalue weighted by Gasteiger charge is 2.11. The fraction of sp³-hybridized carbons (Fsp3) is 0.300. The molecule has 0 aliphatic carbocycles. The molecule has 2 aromatic heterocycles. The van der Waals surface area contributed by atoms with Gasteiger partial charge in [-0.3, -0.25) is 4.57 Å². The monoisotopic (exact) mass is 196 g/mol. The van der Waals surface area contributed by atoms with Gasteiger partial charge in [0.15, 0.2) is 0 Å². The minimum atomic E-state index is -2.52. The number of hydrogen-bond donors (Lipinski definition) is 0. The van der Waals surface area contributed by atoms with Crippen LogP contribution >= 0.6 is 0 Å². The molecule has 4 heteroatoms. The van der Waals surface area contributed by atoms with Gasteiger partial charge in [0.2, 0.25) is 0 Å². The summed E-state index contributed by atoms with van der Waals surface area (Å²) in [5, 5.41) is 0.815. The fourth-order valence-electron chi connectivity index (χ4n) is 1.58. The van der Waals surface area contributed by atoms with Crippen LogP contribution in [0.1, 0.15) is 19.0 Å². The summed E-state index contributed by atoms with van der Waals surface area (Å²) in [4.78, 5) is 3.95. The molecule has 0 unspecified atom stereocenters. The van der Waals surface area contributed by atoms with Gasteiger partial charge in [0.25, 0.3) is 0 Å². The van der Waals surface area contributed by atoms with Crippen molar-refractivity contribution in [2.24, 2.45) is 0 Å². The normalized spacial score (nSPS) is 11.4. The van der Waals surface area contributed by atoms with Crippen LogP contribution in [-0.4, -0.2) is 9.55 Å². The third-order valence-corrected chi connectivity index (χ3v) is 2.30. The van der Waals surface area contributed by atoms with Crippen molar-refractivity contribution in [3.8, 4) is 0 Å². The van der Waals surface area contributed by atoms with Crippen LogP contribution in [0.3, 0.4) is 0 Å². The van der Waals surface area contributed by atoms with Crippen molar-refractivity contribution in [1.82, 2.24) is 9.55 Å². The minimum absolute atomic E-state index is 0.361. The Bertz CT molecular complexity index is 448. The van der Waals surface area contributed by atoms with Gasteiger partial charge in [-0.15, -0.1) is 0 Å². The van der Waals surface area contributed by atoms with Crippen molar-refractivity contribution >= 4 is 11.0 Å². The van der Waals surface area contributed by atoms with Crippen LogP contribution in [0.2, 0.25) is 0 Å². The predicted molar refractivity (Wildman–Crippen MR) is 50.4 cm³/mol. The molecule has 0 bridgehead atoms. The number of nitrogens with zero attached hydrogens (tertiary/aromatic N) is 2. The maximum absolute atomic E-state index is 12.5. The second-order valence-corrected chi connectivity index (χ2v) is 3.06. The van der Waals surface area contributed by atoms with E-state index in [9.17, 15) is 8.78 Å². The van der Waals surface area contributed by atoms with E-state index in [0.29, 0.717) is 5.65 Å². The maximum atomic E-state index is 12.5. The number of halogens is 2. The molecule has 74 valence electrons. The van der Waals surface area contributed by atoms with E-state index in [4.69, 9.17) is 0 Å². The Morgan fingerprint density at radius 1 is 1.43 bits per heavy atom. The lowest BCUT2D eigenvalue weighted by Crippen LogP contribution is -1.97. The molecule has 0 spiro atoms. The van der Waals surface area contributed by atoms with Crippen LogP contribution in [-0.2, 0) is 6.42 Å². The molecule has 0 aromatic carbocycles. The second-order valence-electron chi connectivity index (χ2n) is 3.06. The highest BCUT2D eigenvalue weighted by Crippen LogP contribution is 2.22. The van der Waals surface area contributed by atoms with Gasteiger partial charge < -0.3 is 0 Å². The number of pyridine rings is 1. The average Bonchev–Trinajstić information content (AvgIpc) is 2.60. The lowest BCUT2D eigenvalue weighted by molar-refractivity contribution is 0.0746. The molecule has 0 atom stereocenters. The molecule has 0 fully saturated rings. The Hall–Kier alpha value is -1.45. The van der Waals surface area contributed by atoms with Crippen LogP contribution < -0.4 is 0 Å². The van der Waals surface area contributed by atoms with Crippen LogP contribution in [0.5, 0.6) is 0 Å². The average molecular weight is 196 g/mol. The molecule has 0 N–H and O–H groups in total. The number of rotatable bonds is 2. The summed E-state index contributed by atoms with van der Waals surface area (Å²) >= 11 is 0. The minimum Gasteiger partial charge on any atom is -0.275 e. The quantitative estimate of drug-likeness (QED) is 0.721. The van der Waals surface area contributed by atoms with Gasteiger partial charge in [-0.1, -0.05) is 6.92 Å². The molecule has 2 rings (SSSR count). The zero-order valence-corrected chi connectivity index (χ0v) is 7.74. The largest absolute Gasteiger partial charge is 0.320 e. The van der Waals surface area contributed by atoms with Gasteiger partial charge in [0.1, 0.15) is 5.65 Å².